The molecule has 0 bridgehead atoms. The molecule has 0 fully saturated rings. The van der Waals surface area contributed by atoms with E-state index in [1.165, 1.54) is 16.7 Å². The van der Waals surface area contributed by atoms with Crippen LogP contribution in [0.2, 0.25) is 0 Å². The lowest BCUT2D eigenvalue weighted by Crippen LogP contribution is -2.32. The zero-order valence-electron chi connectivity index (χ0n) is 13.6. The number of thiophene rings is 2. The molecular weight excluding hydrogens is 334 g/mol. The van der Waals surface area contributed by atoms with Gasteiger partial charge in [-0.15, -0.1) is 0 Å². The lowest BCUT2D eigenvalue weighted by molar-refractivity contribution is 0.138. The molecule has 124 valence electrons. The molecule has 0 saturated carbocycles. The van der Waals surface area contributed by atoms with Crippen LogP contribution in [-0.4, -0.2) is 17.7 Å². The number of rotatable bonds is 7. The van der Waals surface area contributed by atoms with Crippen molar-refractivity contribution in [2.75, 3.05) is 6.54 Å². The van der Waals surface area contributed by atoms with Crippen molar-refractivity contribution in [2.45, 2.75) is 19.1 Å². The van der Waals surface area contributed by atoms with E-state index < -0.39 is 6.10 Å². The van der Waals surface area contributed by atoms with Crippen LogP contribution in [0.25, 0.3) is 5.57 Å². The molecule has 0 amide bonds. The fraction of sp³-hybridized carbons (Fsp3) is 0.200. The molecule has 3 rings (SSSR count). The van der Waals surface area contributed by atoms with Crippen molar-refractivity contribution >= 4 is 28.2 Å². The highest BCUT2D eigenvalue weighted by Gasteiger charge is 2.15. The minimum absolute atomic E-state index is 0.0187. The SMILES string of the molecule is CC(NCC=C(c1ccsc1)c1ccsc1)C(O)c1ccccc1. The van der Waals surface area contributed by atoms with Gasteiger partial charge in [-0.05, 0) is 62.8 Å². The molecule has 0 spiro atoms. The zero-order valence-corrected chi connectivity index (χ0v) is 15.2. The Bertz CT molecular complexity index is 712. The van der Waals surface area contributed by atoms with Crippen molar-refractivity contribution < 1.29 is 5.11 Å². The summed E-state index contributed by atoms with van der Waals surface area (Å²) in [5.74, 6) is 0. The Morgan fingerprint density at radius 2 is 1.67 bits per heavy atom. The molecule has 0 aliphatic carbocycles. The fourth-order valence-corrected chi connectivity index (χ4v) is 3.95. The minimum Gasteiger partial charge on any atom is -0.387 e. The third-order valence-electron chi connectivity index (χ3n) is 4.03. The summed E-state index contributed by atoms with van der Waals surface area (Å²) in [6.07, 6.45) is 1.70. The van der Waals surface area contributed by atoms with Crippen molar-refractivity contribution in [3.63, 3.8) is 0 Å². The molecule has 24 heavy (non-hydrogen) atoms. The Balaban J connectivity index is 1.67. The summed E-state index contributed by atoms with van der Waals surface area (Å²) in [6.45, 7) is 2.73. The molecule has 2 aromatic heterocycles. The van der Waals surface area contributed by atoms with E-state index in [0.717, 1.165) is 5.56 Å². The van der Waals surface area contributed by atoms with E-state index in [1.807, 2.05) is 37.3 Å². The first kappa shape index (κ1) is 17.1. The molecular formula is C20H21NOS2. The molecule has 3 aromatic rings. The Morgan fingerprint density at radius 3 is 2.21 bits per heavy atom. The van der Waals surface area contributed by atoms with Crippen LogP contribution < -0.4 is 5.32 Å². The Hall–Kier alpha value is -1.72. The highest BCUT2D eigenvalue weighted by atomic mass is 32.1. The molecule has 4 heteroatoms. The Morgan fingerprint density at radius 1 is 1.04 bits per heavy atom. The van der Waals surface area contributed by atoms with Crippen LogP contribution in [0.3, 0.4) is 0 Å². The van der Waals surface area contributed by atoms with E-state index in [4.69, 9.17) is 0 Å². The van der Waals surface area contributed by atoms with Gasteiger partial charge < -0.3 is 10.4 Å². The number of benzene rings is 1. The number of nitrogens with one attached hydrogen (secondary N) is 1. The van der Waals surface area contributed by atoms with E-state index in [-0.39, 0.29) is 6.04 Å². The molecule has 0 aliphatic rings. The second kappa shape index (κ2) is 8.40. The van der Waals surface area contributed by atoms with Gasteiger partial charge in [0.1, 0.15) is 0 Å². The summed E-state index contributed by atoms with van der Waals surface area (Å²) in [4.78, 5) is 0. The van der Waals surface area contributed by atoms with Crippen LogP contribution in [0, 0.1) is 0 Å². The van der Waals surface area contributed by atoms with Gasteiger partial charge in [0.15, 0.2) is 0 Å². The molecule has 2 atom stereocenters. The predicted octanol–water partition coefficient (Wildman–Crippen LogP) is 4.95. The highest BCUT2D eigenvalue weighted by Crippen LogP contribution is 2.26. The Labute approximate surface area is 151 Å². The van der Waals surface area contributed by atoms with Gasteiger partial charge >= 0.3 is 0 Å². The minimum atomic E-state index is -0.509. The average Bonchev–Trinajstić information content (AvgIpc) is 3.32. The van der Waals surface area contributed by atoms with Gasteiger partial charge in [-0.1, -0.05) is 36.4 Å². The quantitative estimate of drug-likeness (QED) is 0.628. The summed E-state index contributed by atoms with van der Waals surface area (Å²) >= 11 is 3.42. The van der Waals surface area contributed by atoms with Gasteiger partial charge in [-0.25, -0.2) is 0 Å². The van der Waals surface area contributed by atoms with Gasteiger partial charge in [-0.2, -0.15) is 22.7 Å². The maximum atomic E-state index is 10.4. The normalized spacial score (nSPS) is 13.4. The fourth-order valence-electron chi connectivity index (χ4n) is 2.64. The molecule has 0 saturated heterocycles. The summed E-state index contributed by atoms with van der Waals surface area (Å²) < 4.78 is 0. The lowest BCUT2D eigenvalue weighted by Gasteiger charge is -2.20. The number of aliphatic hydroxyl groups is 1. The maximum Gasteiger partial charge on any atom is 0.0940 e. The van der Waals surface area contributed by atoms with Crippen LogP contribution in [0.1, 0.15) is 29.7 Å². The van der Waals surface area contributed by atoms with Crippen molar-refractivity contribution in [3.05, 3.63) is 86.8 Å². The first-order valence-electron chi connectivity index (χ1n) is 7.97. The second-order valence-electron chi connectivity index (χ2n) is 5.69. The smallest absolute Gasteiger partial charge is 0.0940 e. The van der Waals surface area contributed by atoms with Crippen LogP contribution in [0.5, 0.6) is 0 Å². The topological polar surface area (TPSA) is 32.3 Å². The van der Waals surface area contributed by atoms with Crippen molar-refractivity contribution in [1.29, 1.82) is 0 Å². The summed E-state index contributed by atoms with van der Waals surface area (Å²) in [6, 6.07) is 14.1. The zero-order chi connectivity index (χ0) is 16.8. The van der Waals surface area contributed by atoms with E-state index in [2.05, 4.69) is 45.0 Å². The van der Waals surface area contributed by atoms with Gasteiger partial charge in [0.05, 0.1) is 6.10 Å². The van der Waals surface area contributed by atoms with Crippen molar-refractivity contribution in [3.8, 4) is 0 Å². The molecule has 2 heterocycles. The van der Waals surface area contributed by atoms with Crippen molar-refractivity contribution in [1.82, 2.24) is 5.32 Å². The number of aliphatic hydroxyl groups excluding tert-OH is 1. The second-order valence-corrected chi connectivity index (χ2v) is 7.25. The van der Waals surface area contributed by atoms with Crippen LogP contribution in [0.15, 0.2) is 70.1 Å². The van der Waals surface area contributed by atoms with Crippen LogP contribution in [0.4, 0.5) is 0 Å². The predicted molar refractivity (Wildman–Crippen MR) is 105 cm³/mol. The molecule has 1 aromatic carbocycles. The third-order valence-corrected chi connectivity index (χ3v) is 5.39. The number of hydrogen-bond acceptors (Lipinski definition) is 4. The van der Waals surface area contributed by atoms with Crippen LogP contribution >= 0.6 is 22.7 Å². The lowest BCUT2D eigenvalue weighted by atomic mass is 10.0. The van der Waals surface area contributed by atoms with Crippen LogP contribution in [-0.2, 0) is 0 Å². The van der Waals surface area contributed by atoms with Gasteiger partial charge in [0, 0.05) is 12.6 Å². The molecule has 2 unspecified atom stereocenters. The summed E-state index contributed by atoms with van der Waals surface area (Å²) in [5.41, 5.74) is 4.68. The summed E-state index contributed by atoms with van der Waals surface area (Å²) in [5, 5.41) is 22.4. The Kier molecular flexibility index (Phi) is 5.99. The van der Waals surface area contributed by atoms with Crippen molar-refractivity contribution in [2.24, 2.45) is 0 Å². The molecule has 0 radical (unpaired) electrons. The highest BCUT2D eigenvalue weighted by molar-refractivity contribution is 7.08. The molecule has 2 nitrogen and oxygen atoms in total. The van der Waals surface area contributed by atoms with E-state index in [9.17, 15) is 5.11 Å². The standard InChI is InChI=1S/C20H21NOS2/c1-15(20(22)16-5-3-2-4-6-16)21-10-7-19(17-8-11-23-13-17)18-9-12-24-14-18/h2-9,11-15,20-22H,10H2,1H3. The first-order chi connectivity index (χ1) is 11.8. The molecule has 2 N–H and O–H groups in total. The third kappa shape index (κ3) is 4.22. The van der Waals surface area contributed by atoms with Gasteiger partial charge in [0.25, 0.3) is 0 Å². The van der Waals surface area contributed by atoms with E-state index in [1.54, 1.807) is 22.7 Å². The summed E-state index contributed by atoms with van der Waals surface area (Å²) in [7, 11) is 0. The van der Waals surface area contributed by atoms with Gasteiger partial charge in [0.2, 0.25) is 0 Å². The average molecular weight is 356 g/mol. The van der Waals surface area contributed by atoms with Gasteiger partial charge in [-0.3, -0.25) is 0 Å². The monoisotopic (exact) mass is 355 g/mol. The largest absolute Gasteiger partial charge is 0.387 e. The number of hydrogen-bond donors (Lipinski definition) is 2. The first-order valence-corrected chi connectivity index (χ1v) is 9.86. The molecule has 0 aliphatic heterocycles. The van der Waals surface area contributed by atoms with E-state index >= 15 is 0 Å². The maximum absolute atomic E-state index is 10.4. The van der Waals surface area contributed by atoms with E-state index in [0.29, 0.717) is 6.54 Å².